The van der Waals surface area contributed by atoms with E-state index in [-0.39, 0.29) is 56.1 Å². The Kier molecular flexibility index (Phi) is 14.3. The third-order valence-electron chi connectivity index (χ3n) is 6.80. The van der Waals surface area contributed by atoms with E-state index in [9.17, 15) is 28.8 Å². The molecule has 0 aromatic heterocycles. The Bertz CT molecular complexity index is 1220. The lowest BCUT2D eigenvalue weighted by molar-refractivity contribution is -0.139. The third-order valence-corrected chi connectivity index (χ3v) is 6.80. The lowest BCUT2D eigenvalue weighted by atomic mass is 9.90. The molecule has 1 aliphatic rings. The molecular formula is C29H37N7O6. The van der Waals surface area contributed by atoms with E-state index in [4.69, 9.17) is 12.0 Å². The van der Waals surface area contributed by atoms with Gasteiger partial charge in [-0.1, -0.05) is 35.4 Å². The van der Waals surface area contributed by atoms with Crippen molar-refractivity contribution in [2.24, 2.45) is 11.0 Å². The van der Waals surface area contributed by atoms with Gasteiger partial charge in [0, 0.05) is 49.6 Å². The van der Waals surface area contributed by atoms with E-state index >= 15 is 0 Å². The normalized spacial score (nSPS) is 15.3. The van der Waals surface area contributed by atoms with E-state index in [1.807, 2.05) is 30.3 Å². The average molecular weight is 580 g/mol. The van der Waals surface area contributed by atoms with Gasteiger partial charge in [-0.2, -0.15) is 0 Å². The van der Waals surface area contributed by atoms with E-state index < -0.39 is 42.3 Å². The van der Waals surface area contributed by atoms with Gasteiger partial charge in [0.05, 0.1) is 18.6 Å². The molecule has 13 nitrogen and oxygen atoms in total. The maximum Gasteiger partial charge on any atom is 0.242 e. The van der Waals surface area contributed by atoms with Gasteiger partial charge in [0.2, 0.25) is 23.6 Å². The van der Waals surface area contributed by atoms with Crippen LogP contribution in [0.3, 0.4) is 0 Å². The van der Waals surface area contributed by atoms with Gasteiger partial charge in [-0.25, -0.2) is 0 Å². The maximum absolute atomic E-state index is 13.5. The molecule has 1 aromatic rings. The van der Waals surface area contributed by atoms with Crippen molar-refractivity contribution in [1.29, 1.82) is 0 Å². The highest BCUT2D eigenvalue weighted by atomic mass is 16.2. The monoisotopic (exact) mass is 579 g/mol. The summed E-state index contributed by atoms with van der Waals surface area (Å²) >= 11 is 0. The number of carbonyl (C=O) groups excluding carboxylic acids is 6. The first kappa shape index (κ1) is 33.5. The van der Waals surface area contributed by atoms with E-state index in [0.717, 1.165) is 5.56 Å². The van der Waals surface area contributed by atoms with Crippen LogP contribution in [0, 0.1) is 18.3 Å². The predicted octanol–water partition coefficient (Wildman–Crippen LogP) is 1.22. The Morgan fingerprint density at radius 1 is 1.12 bits per heavy atom. The smallest absolute Gasteiger partial charge is 0.242 e. The van der Waals surface area contributed by atoms with Crippen LogP contribution >= 0.6 is 0 Å². The number of hydrogen-bond acceptors (Lipinski definition) is 7. The summed E-state index contributed by atoms with van der Waals surface area (Å²) in [6.07, 6.45) is 6.27. The van der Waals surface area contributed by atoms with Crippen LogP contribution in [0.25, 0.3) is 10.4 Å². The molecule has 1 saturated heterocycles. The van der Waals surface area contributed by atoms with Gasteiger partial charge in [0.15, 0.2) is 11.6 Å². The number of ketones is 2. The molecule has 224 valence electrons. The van der Waals surface area contributed by atoms with Crippen LogP contribution in [0.5, 0.6) is 0 Å². The number of rotatable bonds is 17. The second-order valence-corrected chi connectivity index (χ2v) is 9.86. The highest BCUT2D eigenvalue weighted by Crippen LogP contribution is 2.23. The lowest BCUT2D eigenvalue weighted by Crippen LogP contribution is -2.48. The van der Waals surface area contributed by atoms with Crippen molar-refractivity contribution in [1.82, 2.24) is 20.9 Å². The van der Waals surface area contributed by atoms with Crippen LogP contribution in [0.1, 0.15) is 51.0 Å². The quantitative estimate of drug-likeness (QED) is 0.108. The standard InChI is InChI=1S/C29H37N7O6/c1-3-9-22(24(37)13-14-26(39)31-4-2)34-29(42)21(16-20-10-6-5-7-11-20)17-25(38)23-12-8-15-36(23)28(41)19-32-27(40)18-33-35-30/h1,5-7,10-11,21-23H,4,8-9,12-19H2,2H3,(H,31,39)(H,32,40)(H,34,42). The van der Waals surface area contributed by atoms with Crippen molar-refractivity contribution in [3.63, 3.8) is 0 Å². The largest absolute Gasteiger partial charge is 0.356 e. The van der Waals surface area contributed by atoms with Crippen LogP contribution in [-0.4, -0.2) is 78.4 Å². The number of nitrogens with one attached hydrogen (secondary N) is 3. The Labute approximate surface area is 244 Å². The van der Waals surface area contributed by atoms with Crippen molar-refractivity contribution < 1.29 is 28.8 Å². The number of terminal acetylenes is 1. The molecule has 1 heterocycles. The van der Waals surface area contributed by atoms with Crippen molar-refractivity contribution in [3.8, 4) is 12.3 Å². The number of nitrogens with zero attached hydrogens (tertiary/aromatic N) is 4. The molecule has 0 spiro atoms. The predicted molar refractivity (Wildman–Crippen MR) is 153 cm³/mol. The lowest BCUT2D eigenvalue weighted by Gasteiger charge is -2.26. The summed E-state index contributed by atoms with van der Waals surface area (Å²) in [5, 5.41) is 10.8. The fourth-order valence-corrected chi connectivity index (χ4v) is 4.71. The van der Waals surface area contributed by atoms with Crippen LogP contribution in [0.15, 0.2) is 35.4 Å². The van der Waals surface area contributed by atoms with Crippen LogP contribution < -0.4 is 16.0 Å². The summed E-state index contributed by atoms with van der Waals surface area (Å²) in [6, 6.07) is 7.32. The summed E-state index contributed by atoms with van der Waals surface area (Å²) < 4.78 is 0. The zero-order chi connectivity index (χ0) is 30.9. The molecule has 0 radical (unpaired) electrons. The fourth-order valence-electron chi connectivity index (χ4n) is 4.71. The van der Waals surface area contributed by atoms with Crippen molar-refractivity contribution in [2.75, 3.05) is 26.2 Å². The Hall–Kier alpha value is -4.69. The van der Waals surface area contributed by atoms with Gasteiger partial charge in [-0.15, -0.1) is 12.3 Å². The van der Waals surface area contributed by atoms with Crippen molar-refractivity contribution in [3.05, 3.63) is 46.3 Å². The molecule has 4 amide bonds. The number of benzene rings is 1. The molecule has 3 unspecified atom stereocenters. The zero-order valence-electron chi connectivity index (χ0n) is 23.7. The number of Topliss-reactive ketones (excluding diaryl/α,β-unsaturated/α-hetero) is 2. The summed E-state index contributed by atoms with van der Waals surface area (Å²) in [5.41, 5.74) is 9.14. The molecule has 3 atom stereocenters. The summed E-state index contributed by atoms with van der Waals surface area (Å²) in [4.78, 5) is 79.9. The number of hydrogen-bond donors (Lipinski definition) is 3. The Morgan fingerprint density at radius 2 is 1.86 bits per heavy atom. The SMILES string of the molecule is C#CCC(NC(=O)C(CC(=O)C1CCCN1C(=O)CNC(=O)CN=[N+]=[N-])Cc1ccccc1)C(=O)CCC(=O)NCC. The number of likely N-dealkylation sites (tertiary alicyclic amines) is 1. The minimum absolute atomic E-state index is 0.0346. The second kappa shape index (κ2) is 17.9. The first-order chi connectivity index (χ1) is 20.2. The summed E-state index contributed by atoms with van der Waals surface area (Å²) in [5.74, 6) is -1.05. The van der Waals surface area contributed by atoms with Gasteiger partial charge in [0.1, 0.15) is 6.54 Å². The van der Waals surface area contributed by atoms with Crippen molar-refractivity contribution >= 4 is 35.2 Å². The van der Waals surface area contributed by atoms with Crippen LogP contribution in [0.4, 0.5) is 0 Å². The number of amides is 4. The van der Waals surface area contributed by atoms with E-state index in [1.165, 1.54) is 4.90 Å². The molecule has 3 N–H and O–H groups in total. The molecule has 0 saturated carbocycles. The molecule has 2 rings (SSSR count). The molecule has 42 heavy (non-hydrogen) atoms. The molecule has 13 heteroatoms. The first-order valence-corrected chi connectivity index (χ1v) is 13.9. The topological polar surface area (TPSA) is 191 Å². The first-order valence-electron chi connectivity index (χ1n) is 13.9. The third kappa shape index (κ3) is 11.1. The average Bonchev–Trinajstić information content (AvgIpc) is 3.48. The summed E-state index contributed by atoms with van der Waals surface area (Å²) in [6.45, 7) is 1.72. The molecule has 0 aliphatic carbocycles. The minimum Gasteiger partial charge on any atom is -0.356 e. The van der Waals surface area contributed by atoms with Crippen LogP contribution in [-0.2, 0) is 35.2 Å². The van der Waals surface area contributed by atoms with E-state index in [2.05, 4.69) is 31.9 Å². The number of azide groups is 1. The van der Waals surface area contributed by atoms with Gasteiger partial charge in [-0.05, 0) is 37.3 Å². The van der Waals surface area contributed by atoms with Crippen molar-refractivity contribution in [2.45, 2.75) is 64.0 Å². The molecule has 0 bridgehead atoms. The zero-order valence-corrected chi connectivity index (χ0v) is 23.7. The highest BCUT2D eigenvalue weighted by Gasteiger charge is 2.36. The van der Waals surface area contributed by atoms with E-state index in [0.29, 0.717) is 25.9 Å². The van der Waals surface area contributed by atoms with Gasteiger partial charge < -0.3 is 20.9 Å². The molecule has 1 fully saturated rings. The fraction of sp³-hybridized carbons (Fsp3) is 0.517. The minimum atomic E-state index is -1.01. The Balaban J connectivity index is 2.13. The number of carbonyl (C=O) groups is 6. The molecule has 1 aliphatic heterocycles. The summed E-state index contributed by atoms with van der Waals surface area (Å²) in [7, 11) is 0. The molecular weight excluding hydrogens is 542 g/mol. The maximum atomic E-state index is 13.5. The van der Waals surface area contributed by atoms with Gasteiger partial charge in [-0.3, -0.25) is 28.8 Å². The van der Waals surface area contributed by atoms with Gasteiger partial charge >= 0.3 is 0 Å². The Morgan fingerprint density at radius 3 is 2.52 bits per heavy atom. The molecule has 1 aromatic carbocycles. The van der Waals surface area contributed by atoms with E-state index in [1.54, 1.807) is 6.92 Å². The second-order valence-electron chi connectivity index (χ2n) is 9.86. The highest BCUT2D eigenvalue weighted by molar-refractivity contribution is 5.96. The van der Waals surface area contributed by atoms with Gasteiger partial charge in [0.25, 0.3) is 0 Å². The van der Waals surface area contributed by atoms with Crippen LogP contribution in [0.2, 0.25) is 0 Å².